The van der Waals surface area contributed by atoms with Gasteiger partial charge < -0.3 is 4.74 Å². The minimum Gasteiger partial charge on any atom is -0.462 e. The summed E-state index contributed by atoms with van der Waals surface area (Å²) in [5, 5.41) is 2.63. The maximum Gasteiger partial charge on any atom is 0.350 e. The Kier molecular flexibility index (Phi) is 4.37. The van der Waals surface area contributed by atoms with E-state index >= 15 is 0 Å². The van der Waals surface area contributed by atoms with Crippen LogP contribution in [-0.2, 0) is 4.74 Å². The highest BCUT2D eigenvalue weighted by molar-refractivity contribution is 7.17. The van der Waals surface area contributed by atoms with Gasteiger partial charge in [-0.2, -0.15) is 0 Å². The summed E-state index contributed by atoms with van der Waals surface area (Å²) in [6.45, 7) is 7.82. The molecule has 124 valence electrons. The average molecular weight is 343 g/mol. The standard InChI is InChI=1S/C19H18FNO2S/c1-5-23-19(22)17-12(4)21-18(24-17)14-6-10(2)16-11(3)7-15(20)9-13(16)8-14/h6-9H,5H2,1-4H3. The third kappa shape index (κ3) is 2.91. The van der Waals surface area contributed by atoms with E-state index in [9.17, 15) is 9.18 Å². The van der Waals surface area contributed by atoms with E-state index in [2.05, 4.69) is 4.98 Å². The molecule has 3 rings (SSSR count). The predicted octanol–water partition coefficient (Wildman–Crippen LogP) is 5.20. The van der Waals surface area contributed by atoms with E-state index in [0.717, 1.165) is 32.5 Å². The molecule has 0 aliphatic heterocycles. The summed E-state index contributed by atoms with van der Waals surface area (Å²) >= 11 is 1.31. The largest absolute Gasteiger partial charge is 0.462 e. The van der Waals surface area contributed by atoms with Crippen molar-refractivity contribution in [3.63, 3.8) is 0 Å². The van der Waals surface area contributed by atoms with Gasteiger partial charge in [-0.25, -0.2) is 14.2 Å². The van der Waals surface area contributed by atoms with Crippen molar-refractivity contribution >= 4 is 28.1 Å². The lowest BCUT2D eigenvalue weighted by molar-refractivity contribution is 0.0531. The summed E-state index contributed by atoms with van der Waals surface area (Å²) in [4.78, 5) is 17.0. The maximum absolute atomic E-state index is 13.7. The zero-order valence-corrected chi connectivity index (χ0v) is 14.9. The molecule has 0 amide bonds. The number of esters is 1. The molecule has 0 unspecified atom stereocenters. The van der Waals surface area contributed by atoms with Crippen LogP contribution in [0.15, 0.2) is 24.3 Å². The predicted molar refractivity (Wildman–Crippen MR) is 95.2 cm³/mol. The SMILES string of the molecule is CCOC(=O)c1sc(-c2cc(C)c3c(C)cc(F)cc3c2)nc1C. The number of nitrogens with zero attached hydrogens (tertiary/aromatic N) is 1. The molecule has 0 spiro atoms. The van der Waals surface area contributed by atoms with Gasteiger partial charge in [-0.15, -0.1) is 11.3 Å². The highest BCUT2D eigenvalue weighted by Gasteiger charge is 2.18. The van der Waals surface area contributed by atoms with Gasteiger partial charge in [0.1, 0.15) is 15.7 Å². The number of benzene rings is 2. The van der Waals surface area contributed by atoms with Gasteiger partial charge in [0, 0.05) is 5.56 Å². The van der Waals surface area contributed by atoms with Crippen molar-refractivity contribution in [3.05, 3.63) is 51.8 Å². The smallest absolute Gasteiger partial charge is 0.350 e. The van der Waals surface area contributed by atoms with E-state index in [1.165, 1.54) is 17.4 Å². The Balaban J connectivity index is 2.14. The summed E-state index contributed by atoms with van der Waals surface area (Å²) in [5.74, 6) is -0.600. The summed E-state index contributed by atoms with van der Waals surface area (Å²) in [7, 11) is 0. The Morgan fingerprint density at radius 3 is 2.58 bits per heavy atom. The fourth-order valence-electron chi connectivity index (χ4n) is 2.97. The summed E-state index contributed by atoms with van der Waals surface area (Å²) in [6.07, 6.45) is 0. The normalized spacial score (nSPS) is 11.0. The van der Waals surface area contributed by atoms with Crippen LogP contribution in [0, 0.1) is 26.6 Å². The molecule has 0 saturated heterocycles. The molecule has 3 aromatic rings. The molecule has 0 saturated carbocycles. The number of fused-ring (bicyclic) bond motifs is 1. The zero-order valence-electron chi connectivity index (χ0n) is 14.1. The Labute approximate surface area is 144 Å². The van der Waals surface area contributed by atoms with Crippen molar-refractivity contribution in [1.29, 1.82) is 0 Å². The number of ether oxygens (including phenoxy) is 1. The molecule has 24 heavy (non-hydrogen) atoms. The molecule has 0 bridgehead atoms. The van der Waals surface area contributed by atoms with Gasteiger partial charge in [0.2, 0.25) is 0 Å². The Morgan fingerprint density at radius 1 is 1.17 bits per heavy atom. The van der Waals surface area contributed by atoms with Crippen molar-refractivity contribution in [3.8, 4) is 10.6 Å². The molecule has 0 fully saturated rings. The second-order valence-corrected chi connectivity index (χ2v) is 6.77. The van der Waals surface area contributed by atoms with E-state index in [0.29, 0.717) is 17.2 Å². The van der Waals surface area contributed by atoms with Crippen molar-refractivity contribution in [2.45, 2.75) is 27.7 Å². The van der Waals surface area contributed by atoms with Gasteiger partial charge in [-0.3, -0.25) is 0 Å². The van der Waals surface area contributed by atoms with Crippen LogP contribution in [0.1, 0.15) is 33.4 Å². The molecule has 0 aliphatic rings. The first kappa shape index (κ1) is 16.6. The van der Waals surface area contributed by atoms with Crippen LogP contribution >= 0.6 is 11.3 Å². The van der Waals surface area contributed by atoms with Crippen molar-refractivity contribution in [2.75, 3.05) is 6.61 Å². The van der Waals surface area contributed by atoms with Crippen LogP contribution in [0.3, 0.4) is 0 Å². The van der Waals surface area contributed by atoms with Crippen LogP contribution in [0.5, 0.6) is 0 Å². The van der Waals surface area contributed by atoms with Gasteiger partial charge in [-0.05, 0) is 73.9 Å². The van der Waals surface area contributed by atoms with Gasteiger partial charge in [0.05, 0.1) is 12.3 Å². The highest BCUT2D eigenvalue weighted by atomic mass is 32.1. The molecule has 1 aromatic heterocycles. The summed E-state index contributed by atoms with van der Waals surface area (Å²) < 4.78 is 18.8. The van der Waals surface area contributed by atoms with Crippen LogP contribution in [-0.4, -0.2) is 17.6 Å². The lowest BCUT2D eigenvalue weighted by Crippen LogP contribution is -2.03. The number of thiazole rings is 1. The van der Waals surface area contributed by atoms with Gasteiger partial charge >= 0.3 is 5.97 Å². The molecule has 2 aromatic carbocycles. The lowest BCUT2D eigenvalue weighted by Gasteiger charge is -2.09. The molecule has 1 heterocycles. The second kappa shape index (κ2) is 6.32. The average Bonchev–Trinajstić information content (AvgIpc) is 2.88. The number of rotatable bonds is 3. The zero-order chi connectivity index (χ0) is 17.4. The molecule has 3 nitrogen and oxygen atoms in total. The molecule has 0 aliphatic carbocycles. The third-order valence-corrected chi connectivity index (χ3v) is 5.10. The quantitative estimate of drug-likeness (QED) is 0.613. The number of aryl methyl sites for hydroxylation is 3. The molecule has 0 N–H and O–H groups in total. The van der Waals surface area contributed by atoms with Gasteiger partial charge in [0.15, 0.2) is 0 Å². The molecular weight excluding hydrogens is 325 g/mol. The summed E-state index contributed by atoms with van der Waals surface area (Å²) in [6, 6.07) is 7.03. The monoisotopic (exact) mass is 343 g/mol. The number of carbonyl (C=O) groups excluding carboxylic acids is 1. The number of halogens is 1. The summed E-state index contributed by atoms with van der Waals surface area (Å²) in [5.41, 5.74) is 3.51. The molecular formula is C19H18FNO2S. The number of hydrogen-bond acceptors (Lipinski definition) is 4. The minimum atomic E-state index is -0.349. The first-order valence-corrected chi connectivity index (χ1v) is 8.57. The molecule has 0 radical (unpaired) electrons. The highest BCUT2D eigenvalue weighted by Crippen LogP contribution is 2.33. The topological polar surface area (TPSA) is 39.2 Å². The lowest BCUT2D eigenvalue weighted by atomic mass is 9.98. The Bertz CT molecular complexity index is 946. The van der Waals surface area contributed by atoms with Crippen LogP contribution in [0.25, 0.3) is 21.3 Å². The maximum atomic E-state index is 13.7. The Morgan fingerprint density at radius 2 is 1.88 bits per heavy atom. The first-order chi connectivity index (χ1) is 11.4. The third-order valence-electron chi connectivity index (χ3n) is 3.91. The Hall–Kier alpha value is -2.27. The van der Waals surface area contributed by atoms with Crippen LogP contribution in [0.2, 0.25) is 0 Å². The number of aromatic nitrogens is 1. The number of carbonyl (C=O) groups is 1. The molecule has 0 atom stereocenters. The second-order valence-electron chi connectivity index (χ2n) is 5.77. The fraction of sp³-hybridized carbons (Fsp3) is 0.263. The fourth-order valence-corrected chi connectivity index (χ4v) is 3.91. The van der Waals surface area contributed by atoms with Gasteiger partial charge in [0.25, 0.3) is 0 Å². The van der Waals surface area contributed by atoms with E-state index in [1.54, 1.807) is 19.9 Å². The van der Waals surface area contributed by atoms with Gasteiger partial charge in [-0.1, -0.05) is 0 Å². The van der Waals surface area contributed by atoms with Crippen LogP contribution in [0.4, 0.5) is 4.39 Å². The number of hydrogen-bond donors (Lipinski definition) is 0. The van der Waals surface area contributed by atoms with Crippen molar-refractivity contribution in [1.82, 2.24) is 4.98 Å². The van der Waals surface area contributed by atoms with E-state index in [1.807, 2.05) is 26.0 Å². The van der Waals surface area contributed by atoms with E-state index in [4.69, 9.17) is 4.74 Å². The van der Waals surface area contributed by atoms with Crippen LogP contribution < -0.4 is 0 Å². The van der Waals surface area contributed by atoms with E-state index < -0.39 is 0 Å². The van der Waals surface area contributed by atoms with E-state index in [-0.39, 0.29) is 11.8 Å². The van der Waals surface area contributed by atoms with Crippen molar-refractivity contribution in [2.24, 2.45) is 0 Å². The first-order valence-electron chi connectivity index (χ1n) is 7.76. The minimum absolute atomic E-state index is 0.251. The van der Waals surface area contributed by atoms with Crippen molar-refractivity contribution < 1.29 is 13.9 Å². The molecule has 5 heteroatoms.